The molecule has 4 aromatic rings. The minimum atomic E-state index is -0.434. The molecule has 0 saturated carbocycles. The molecule has 3 heterocycles. The lowest BCUT2D eigenvalue weighted by Crippen LogP contribution is -2.48. The molecule has 1 aliphatic heterocycles. The van der Waals surface area contributed by atoms with E-state index in [4.69, 9.17) is 0 Å². The van der Waals surface area contributed by atoms with Gasteiger partial charge >= 0.3 is 0 Å². The quantitative estimate of drug-likeness (QED) is 0.383. The van der Waals surface area contributed by atoms with Gasteiger partial charge in [-0.3, -0.25) is 14.5 Å². The van der Waals surface area contributed by atoms with Crippen LogP contribution in [-0.2, 0) is 7.05 Å². The molecule has 5 rings (SSSR count). The number of hydrogen-bond acceptors (Lipinski definition) is 6. The van der Waals surface area contributed by atoms with Crippen molar-refractivity contribution in [3.05, 3.63) is 105 Å². The Morgan fingerprint density at radius 1 is 0.925 bits per heavy atom. The summed E-state index contributed by atoms with van der Waals surface area (Å²) in [5.74, 6) is -0.966. The van der Waals surface area contributed by atoms with E-state index >= 15 is 0 Å². The fraction of sp³-hybridized carbons (Fsp3) is 0.267. The maximum Gasteiger partial charge on any atom is 0.271 e. The topological polar surface area (TPSA) is 85.5 Å². The monoisotopic (exact) mass is 542 g/mol. The zero-order valence-electron chi connectivity index (χ0n) is 22.4. The number of aryl methyl sites for hydroxylation is 1. The number of fused-ring (bicyclic) bond motifs is 1. The number of aromatic nitrogens is 2. The molecule has 0 N–H and O–H groups in total. The van der Waals surface area contributed by atoms with Gasteiger partial charge in [-0.1, -0.05) is 24.3 Å². The number of hydrogen-bond donors (Lipinski definition) is 0. The summed E-state index contributed by atoms with van der Waals surface area (Å²) in [7, 11) is 4.85. The number of nitriles is 1. The molecular weight excluding hydrogens is 514 g/mol. The van der Waals surface area contributed by atoms with Crippen molar-refractivity contribution in [3.63, 3.8) is 0 Å². The van der Waals surface area contributed by atoms with Crippen molar-refractivity contribution in [3.8, 4) is 6.07 Å². The molecule has 2 aromatic carbocycles. The summed E-state index contributed by atoms with van der Waals surface area (Å²) in [5.41, 5.74) is 2.83. The number of amides is 1. The van der Waals surface area contributed by atoms with Crippen LogP contribution < -0.4 is 10.5 Å². The van der Waals surface area contributed by atoms with Crippen LogP contribution in [0.3, 0.4) is 0 Å². The van der Waals surface area contributed by atoms with E-state index in [1.54, 1.807) is 57.5 Å². The fourth-order valence-electron chi connectivity index (χ4n) is 5.26. The Morgan fingerprint density at radius 2 is 1.48 bits per heavy atom. The van der Waals surface area contributed by atoms with Gasteiger partial charge in [-0.25, -0.2) is 13.8 Å². The lowest BCUT2D eigenvalue weighted by Gasteiger charge is -2.41. The van der Waals surface area contributed by atoms with Crippen LogP contribution >= 0.6 is 0 Å². The van der Waals surface area contributed by atoms with E-state index in [-0.39, 0.29) is 34.8 Å². The number of carbonyl (C=O) groups is 1. The molecule has 0 aliphatic carbocycles. The Balaban J connectivity index is 1.53. The molecule has 0 atom stereocenters. The Hall–Kier alpha value is -4.62. The lowest BCUT2D eigenvalue weighted by molar-refractivity contribution is 0.0822. The zero-order valence-corrected chi connectivity index (χ0v) is 22.4. The van der Waals surface area contributed by atoms with Gasteiger partial charge in [0.1, 0.15) is 34.5 Å². The predicted molar refractivity (Wildman–Crippen MR) is 148 cm³/mol. The van der Waals surface area contributed by atoms with E-state index in [0.29, 0.717) is 42.9 Å². The highest BCUT2D eigenvalue weighted by Crippen LogP contribution is 2.33. The number of nitrogens with zero attached hydrogens (tertiary/aromatic N) is 6. The van der Waals surface area contributed by atoms with Crippen LogP contribution in [0.5, 0.6) is 0 Å². The largest absolute Gasteiger partial charge is 0.366 e. The van der Waals surface area contributed by atoms with Crippen molar-refractivity contribution in [2.75, 3.05) is 45.2 Å². The van der Waals surface area contributed by atoms with E-state index in [9.17, 15) is 23.6 Å². The molecule has 1 saturated heterocycles. The number of pyridine rings is 2. The third-order valence-corrected chi connectivity index (χ3v) is 7.32. The first-order valence-electron chi connectivity index (χ1n) is 12.8. The van der Waals surface area contributed by atoms with Gasteiger partial charge in [-0.15, -0.1) is 0 Å². The Labute approximate surface area is 230 Å². The SMILES string of the molecule is CN(C)C(=O)c1ccc2c(n1)c(N1CCN(C(c3ccc(F)cc3)c3ccc(F)cc3)CC1)c(C#N)c(=O)n2C. The Morgan fingerprint density at radius 3 is 1.98 bits per heavy atom. The average molecular weight is 543 g/mol. The molecule has 0 unspecified atom stereocenters. The van der Waals surface area contributed by atoms with Crippen LogP contribution in [0.2, 0.25) is 0 Å². The van der Waals surface area contributed by atoms with E-state index in [1.807, 2.05) is 4.90 Å². The maximum atomic E-state index is 13.7. The molecule has 1 amide bonds. The summed E-state index contributed by atoms with van der Waals surface area (Å²) in [5, 5.41) is 10.00. The summed E-state index contributed by atoms with van der Waals surface area (Å²) in [4.78, 5) is 36.0. The van der Waals surface area contributed by atoms with Crippen LogP contribution in [0.25, 0.3) is 11.0 Å². The second-order valence-corrected chi connectivity index (χ2v) is 9.99. The number of anilines is 1. The van der Waals surface area contributed by atoms with E-state index < -0.39 is 5.56 Å². The molecule has 204 valence electrons. The first-order chi connectivity index (χ1) is 19.2. The van der Waals surface area contributed by atoms with Crippen LogP contribution in [0.4, 0.5) is 14.5 Å². The lowest BCUT2D eigenvalue weighted by atomic mass is 9.96. The van der Waals surface area contributed by atoms with Gasteiger partial charge in [0.2, 0.25) is 0 Å². The molecular formula is C30H28F2N6O2. The highest BCUT2D eigenvalue weighted by atomic mass is 19.1. The number of benzene rings is 2. The van der Waals surface area contributed by atoms with Gasteiger partial charge in [-0.05, 0) is 47.5 Å². The molecule has 0 radical (unpaired) electrons. The molecule has 0 bridgehead atoms. The van der Waals surface area contributed by atoms with Gasteiger partial charge < -0.3 is 14.4 Å². The van der Waals surface area contributed by atoms with Gasteiger partial charge in [0, 0.05) is 47.3 Å². The summed E-state index contributed by atoms with van der Waals surface area (Å²) < 4.78 is 28.8. The van der Waals surface area contributed by atoms with Crippen LogP contribution in [-0.4, -0.2) is 65.5 Å². The highest BCUT2D eigenvalue weighted by molar-refractivity contribution is 5.98. The van der Waals surface area contributed by atoms with Crippen molar-refractivity contribution >= 4 is 22.6 Å². The molecule has 1 aliphatic rings. The van der Waals surface area contributed by atoms with E-state index in [0.717, 1.165) is 11.1 Å². The van der Waals surface area contributed by atoms with Crippen molar-refractivity contribution in [1.29, 1.82) is 5.26 Å². The third kappa shape index (κ3) is 4.92. The number of carbonyl (C=O) groups excluding carboxylic acids is 1. The summed E-state index contributed by atoms with van der Waals surface area (Å²) >= 11 is 0. The van der Waals surface area contributed by atoms with Gasteiger partial charge in [0.05, 0.1) is 17.2 Å². The fourth-order valence-corrected chi connectivity index (χ4v) is 5.26. The minimum Gasteiger partial charge on any atom is -0.366 e. The van der Waals surface area contributed by atoms with Crippen LogP contribution in [0.1, 0.15) is 33.2 Å². The van der Waals surface area contributed by atoms with Crippen molar-refractivity contribution in [2.45, 2.75) is 6.04 Å². The Bertz CT molecular complexity index is 1620. The summed E-state index contributed by atoms with van der Waals surface area (Å²) in [6.45, 7) is 2.00. The molecule has 8 nitrogen and oxygen atoms in total. The first-order valence-corrected chi connectivity index (χ1v) is 12.8. The van der Waals surface area contributed by atoms with E-state index in [2.05, 4.69) is 16.0 Å². The predicted octanol–water partition coefficient (Wildman–Crippen LogP) is 3.70. The van der Waals surface area contributed by atoms with Gasteiger partial charge in [0.25, 0.3) is 11.5 Å². The highest BCUT2D eigenvalue weighted by Gasteiger charge is 2.30. The number of rotatable bonds is 5. The summed E-state index contributed by atoms with van der Waals surface area (Å²) in [6.07, 6.45) is 0. The third-order valence-electron chi connectivity index (χ3n) is 7.32. The van der Waals surface area contributed by atoms with Crippen molar-refractivity contribution in [2.24, 2.45) is 7.05 Å². The average Bonchev–Trinajstić information content (AvgIpc) is 2.96. The summed E-state index contributed by atoms with van der Waals surface area (Å²) in [6, 6.07) is 17.6. The van der Waals surface area contributed by atoms with Crippen LogP contribution in [0, 0.1) is 23.0 Å². The van der Waals surface area contributed by atoms with Crippen molar-refractivity contribution in [1.82, 2.24) is 19.4 Å². The minimum absolute atomic E-state index is 0.0287. The molecule has 1 fully saturated rings. The van der Waals surface area contributed by atoms with Gasteiger partial charge in [-0.2, -0.15) is 5.26 Å². The second kappa shape index (κ2) is 10.9. The standard InChI is InChI=1S/C30H28F2N6O2/c1-35(2)30(40)24-12-13-25-26(34-24)28(23(18-33)29(39)36(25)3)38-16-14-37(15-17-38)27(19-4-8-21(31)9-5-19)20-6-10-22(32)11-7-20/h4-13,27H,14-17H2,1-3H3. The molecule has 40 heavy (non-hydrogen) atoms. The first kappa shape index (κ1) is 27.0. The van der Waals surface area contributed by atoms with E-state index in [1.165, 1.54) is 33.7 Å². The maximum absolute atomic E-state index is 13.7. The van der Waals surface area contributed by atoms with Crippen LogP contribution in [0.15, 0.2) is 65.5 Å². The molecule has 2 aromatic heterocycles. The van der Waals surface area contributed by atoms with Crippen molar-refractivity contribution < 1.29 is 13.6 Å². The number of halogens is 2. The zero-order chi connectivity index (χ0) is 28.6. The molecule has 0 spiro atoms. The smallest absolute Gasteiger partial charge is 0.271 e. The number of piperazine rings is 1. The Kier molecular flexibility index (Phi) is 7.32. The van der Waals surface area contributed by atoms with Gasteiger partial charge in [0.15, 0.2) is 0 Å². The second-order valence-electron chi connectivity index (χ2n) is 9.99. The molecule has 10 heteroatoms. The normalized spacial score (nSPS) is 14.0.